The molecule has 2 atom stereocenters. The summed E-state index contributed by atoms with van der Waals surface area (Å²) in [6.45, 7) is 2.37. The van der Waals surface area contributed by atoms with E-state index in [4.69, 9.17) is 10.5 Å². The number of aliphatic hydroxyl groups is 1. The summed E-state index contributed by atoms with van der Waals surface area (Å²) in [5.41, 5.74) is 8.81. The van der Waals surface area contributed by atoms with Crippen LogP contribution in [0.5, 0.6) is 5.75 Å². The molecule has 0 heterocycles. The lowest BCUT2D eigenvalue weighted by molar-refractivity contribution is 0.147. The molecule has 2 rings (SSSR count). The number of aryl methyl sites for hydroxylation is 1. The van der Waals surface area contributed by atoms with Gasteiger partial charge in [-0.25, -0.2) is 0 Å². The summed E-state index contributed by atoms with van der Waals surface area (Å²) in [7, 11) is 1.65. The number of hydrogen-bond donors (Lipinski definition) is 2. The fourth-order valence-electron chi connectivity index (χ4n) is 2.40. The Balaban J connectivity index is 2.32. The molecule has 2 unspecified atom stereocenters. The number of hydrogen-bond acceptors (Lipinski definition) is 3. The molecule has 0 aliphatic heterocycles. The minimum atomic E-state index is -0.617. The molecular weight excluding hydrogens is 250 g/mol. The van der Waals surface area contributed by atoms with Crippen LogP contribution in [0.1, 0.15) is 28.7 Å². The topological polar surface area (TPSA) is 55.5 Å². The molecule has 0 fully saturated rings. The molecule has 2 aromatic rings. The average molecular weight is 271 g/mol. The van der Waals surface area contributed by atoms with Gasteiger partial charge in [-0.1, -0.05) is 42.5 Å². The van der Waals surface area contributed by atoms with E-state index in [9.17, 15) is 5.11 Å². The van der Waals surface area contributed by atoms with Crippen LogP contribution >= 0.6 is 0 Å². The maximum atomic E-state index is 10.5. The van der Waals surface area contributed by atoms with Gasteiger partial charge in [0, 0.05) is 12.5 Å². The van der Waals surface area contributed by atoms with Crippen molar-refractivity contribution in [3.8, 4) is 5.75 Å². The molecule has 0 aromatic heterocycles. The monoisotopic (exact) mass is 271 g/mol. The van der Waals surface area contributed by atoms with Crippen LogP contribution in [0, 0.1) is 6.92 Å². The summed E-state index contributed by atoms with van der Waals surface area (Å²) in [5.74, 6) is 0.674. The van der Waals surface area contributed by atoms with E-state index in [1.54, 1.807) is 7.11 Å². The minimum Gasteiger partial charge on any atom is -0.496 e. The van der Waals surface area contributed by atoms with Crippen molar-refractivity contribution in [3.63, 3.8) is 0 Å². The number of rotatable bonds is 5. The van der Waals surface area contributed by atoms with E-state index in [1.807, 2.05) is 55.5 Å². The fraction of sp³-hybridized carbons (Fsp3) is 0.294. The highest BCUT2D eigenvalue weighted by atomic mass is 16.5. The van der Waals surface area contributed by atoms with E-state index in [0.717, 1.165) is 22.4 Å². The van der Waals surface area contributed by atoms with Crippen LogP contribution in [0.2, 0.25) is 0 Å². The zero-order valence-corrected chi connectivity index (χ0v) is 11.9. The van der Waals surface area contributed by atoms with Gasteiger partial charge in [0.15, 0.2) is 0 Å². The van der Waals surface area contributed by atoms with Crippen molar-refractivity contribution in [2.75, 3.05) is 13.7 Å². The van der Waals surface area contributed by atoms with E-state index >= 15 is 0 Å². The van der Waals surface area contributed by atoms with Crippen molar-refractivity contribution < 1.29 is 9.84 Å². The Labute approximate surface area is 120 Å². The Kier molecular flexibility index (Phi) is 4.77. The molecule has 20 heavy (non-hydrogen) atoms. The summed E-state index contributed by atoms with van der Waals surface area (Å²) >= 11 is 0. The van der Waals surface area contributed by atoms with Crippen LogP contribution in [-0.2, 0) is 0 Å². The second-order valence-corrected chi connectivity index (χ2v) is 4.93. The summed E-state index contributed by atoms with van der Waals surface area (Å²) in [6, 6.07) is 15.6. The maximum absolute atomic E-state index is 10.5. The predicted octanol–water partition coefficient (Wildman–Crippen LogP) is 2.78. The van der Waals surface area contributed by atoms with Crippen LogP contribution in [0.4, 0.5) is 0 Å². The van der Waals surface area contributed by atoms with Crippen molar-refractivity contribution in [1.82, 2.24) is 0 Å². The first-order chi connectivity index (χ1) is 9.67. The van der Waals surface area contributed by atoms with Gasteiger partial charge >= 0.3 is 0 Å². The van der Waals surface area contributed by atoms with Gasteiger partial charge < -0.3 is 15.6 Å². The molecule has 3 N–H and O–H groups in total. The van der Waals surface area contributed by atoms with Crippen molar-refractivity contribution in [3.05, 3.63) is 65.2 Å². The van der Waals surface area contributed by atoms with E-state index in [2.05, 4.69) is 0 Å². The molecule has 3 heteroatoms. The minimum absolute atomic E-state index is 0.146. The highest BCUT2D eigenvalue weighted by Crippen LogP contribution is 2.32. The normalized spacial score (nSPS) is 13.8. The number of nitrogens with two attached hydrogens (primary N) is 1. The lowest BCUT2D eigenvalue weighted by Gasteiger charge is -2.23. The first kappa shape index (κ1) is 14.6. The van der Waals surface area contributed by atoms with Crippen LogP contribution in [-0.4, -0.2) is 18.8 Å². The molecule has 0 saturated carbocycles. The highest BCUT2D eigenvalue weighted by molar-refractivity contribution is 5.39. The number of ether oxygens (including phenoxy) is 1. The van der Waals surface area contributed by atoms with Crippen LogP contribution < -0.4 is 10.5 Å². The molecule has 0 radical (unpaired) electrons. The first-order valence-corrected chi connectivity index (χ1v) is 6.75. The van der Waals surface area contributed by atoms with Gasteiger partial charge in [0.2, 0.25) is 0 Å². The second kappa shape index (κ2) is 6.55. The van der Waals surface area contributed by atoms with E-state index in [1.165, 1.54) is 0 Å². The highest BCUT2D eigenvalue weighted by Gasteiger charge is 2.22. The molecule has 0 saturated heterocycles. The molecule has 0 amide bonds. The third kappa shape index (κ3) is 3.00. The Morgan fingerprint density at radius 2 is 1.80 bits per heavy atom. The van der Waals surface area contributed by atoms with Gasteiger partial charge in [0.25, 0.3) is 0 Å². The zero-order valence-electron chi connectivity index (χ0n) is 11.9. The first-order valence-electron chi connectivity index (χ1n) is 6.75. The average Bonchev–Trinajstić information content (AvgIpc) is 2.50. The lowest BCUT2D eigenvalue weighted by atomic mass is 9.88. The largest absolute Gasteiger partial charge is 0.496 e. The second-order valence-electron chi connectivity index (χ2n) is 4.93. The SMILES string of the molecule is COc1cc(C(CN)C(O)c2ccccc2)ccc1C. The van der Waals surface area contributed by atoms with Gasteiger partial charge in [-0.15, -0.1) is 0 Å². The van der Waals surface area contributed by atoms with Crippen molar-refractivity contribution >= 4 is 0 Å². The van der Waals surface area contributed by atoms with Crippen LogP contribution in [0.25, 0.3) is 0 Å². The molecule has 3 nitrogen and oxygen atoms in total. The number of methoxy groups -OCH3 is 1. The molecule has 0 aliphatic rings. The Morgan fingerprint density at radius 3 is 2.40 bits per heavy atom. The molecule has 0 bridgehead atoms. The Bertz CT molecular complexity index is 554. The summed E-state index contributed by atoms with van der Waals surface area (Å²) in [6.07, 6.45) is -0.617. The van der Waals surface area contributed by atoms with E-state index in [0.29, 0.717) is 6.54 Å². The third-order valence-corrected chi connectivity index (χ3v) is 3.64. The number of aliphatic hydroxyl groups excluding tert-OH is 1. The molecule has 2 aromatic carbocycles. The van der Waals surface area contributed by atoms with Crippen molar-refractivity contribution in [2.45, 2.75) is 18.9 Å². The molecular formula is C17H21NO2. The van der Waals surface area contributed by atoms with Gasteiger partial charge in [0.1, 0.15) is 5.75 Å². The van der Waals surface area contributed by atoms with Gasteiger partial charge in [-0.05, 0) is 29.7 Å². The Hall–Kier alpha value is -1.84. The smallest absolute Gasteiger partial charge is 0.122 e. The zero-order chi connectivity index (χ0) is 14.5. The predicted molar refractivity (Wildman–Crippen MR) is 80.9 cm³/mol. The van der Waals surface area contributed by atoms with E-state index in [-0.39, 0.29) is 5.92 Å². The quantitative estimate of drug-likeness (QED) is 0.879. The number of benzene rings is 2. The standard InChI is InChI=1S/C17H21NO2/c1-12-8-9-14(10-16(12)20-2)15(11-18)17(19)13-6-4-3-5-7-13/h3-10,15,17,19H,11,18H2,1-2H3. The van der Waals surface area contributed by atoms with Crippen LogP contribution in [0.3, 0.4) is 0 Å². The van der Waals surface area contributed by atoms with Crippen LogP contribution in [0.15, 0.2) is 48.5 Å². The van der Waals surface area contributed by atoms with Crippen molar-refractivity contribution in [1.29, 1.82) is 0 Å². The maximum Gasteiger partial charge on any atom is 0.122 e. The third-order valence-electron chi connectivity index (χ3n) is 3.64. The van der Waals surface area contributed by atoms with Gasteiger partial charge in [0.05, 0.1) is 13.2 Å². The summed E-state index contributed by atoms with van der Waals surface area (Å²) in [4.78, 5) is 0. The molecule has 106 valence electrons. The molecule has 0 aliphatic carbocycles. The van der Waals surface area contributed by atoms with E-state index < -0.39 is 6.10 Å². The van der Waals surface area contributed by atoms with Gasteiger partial charge in [-0.2, -0.15) is 0 Å². The Morgan fingerprint density at radius 1 is 1.10 bits per heavy atom. The van der Waals surface area contributed by atoms with Crippen molar-refractivity contribution in [2.24, 2.45) is 5.73 Å². The molecule has 0 spiro atoms. The van der Waals surface area contributed by atoms with Gasteiger partial charge in [-0.3, -0.25) is 0 Å². The fourth-order valence-corrected chi connectivity index (χ4v) is 2.40. The lowest BCUT2D eigenvalue weighted by Crippen LogP contribution is -2.20. The summed E-state index contributed by atoms with van der Waals surface area (Å²) in [5, 5.41) is 10.5. The summed E-state index contributed by atoms with van der Waals surface area (Å²) < 4.78 is 5.34.